The van der Waals surface area contributed by atoms with Crippen LogP contribution in [0.3, 0.4) is 0 Å². The molecule has 1 heterocycles. The van der Waals surface area contributed by atoms with Crippen molar-refractivity contribution in [2.45, 2.75) is 26.2 Å². The standard InChI is InChI=1S/C6H11N4.Y/c1-6(2,3)5-7-8-9-10(5)4;/h4H2,1-3H3;/q-1;. The zero-order valence-electron chi connectivity index (χ0n) is 7.07. The van der Waals surface area contributed by atoms with Gasteiger partial charge in [-0.15, -0.1) is 0 Å². The molecule has 0 aliphatic carbocycles. The Bertz CT molecular complexity index is 225. The summed E-state index contributed by atoms with van der Waals surface area (Å²) in [4.78, 5) is 0. The summed E-state index contributed by atoms with van der Waals surface area (Å²) >= 11 is 0. The van der Waals surface area contributed by atoms with Crippen LogP contribution in [0.1, 0.15) is 26.6 Å². The molecule has 0 saturated carbocycles. The van der Waals surface area contributed by atoms with Crippen molar-refractivity contribution in [1.29, 1.82) is 0 Å². The summed E-state index contributed by atoms with van der Waals surface area (Å²) in [6.07, 6.45) is 0. The van der Waals surface area contributed by atoms with Gasteiger partial charge in [-0.25, -0.2) is 5.10 Å². The molecule has 0 aliphatic heterocycles. The van der Waals surface area contributed by atoms with Gasteiger partial charge in [-0.1, -0.05) is 26.0 Å². The predicted molar refractivity (Wildman–Crippen MR) is 37.3 cm³/mol. The van der Waals surface area contributed by atoms with Crippen LogP contribution in [0.15, 0.2) is 0 Å². The van der Waals surface area contributed by atoms with Crippen molar-refractivity contribution in [3.05, 3.63) is 12.9 Å². The number of hydrogen-bond donors (Lipinski definition) is 0. The van der Waals surface area contributed by atoms with Gasteiger partial charge in [0.05, 0.1) is 0 Å². The molecule has 1 radical (unpaired) electrons. The van der Waals surface area contributed by atoms with Gasteiger partial charge in [-0.2, -0.15) is 7.05 Å². The third-order valence-corrected chi connectivity index (χ3v) is 1.20. The molecule has 0 bridgehead atoms. The van der Waals surface area contributed by atoms with E-state index in [1.165, 1.54) is 4.68 Å². The molecule has 0 aromatic carbocycles. The Morgan fingerprint density at radius 2 is 1.91 bits per heavy atom. The van der Waals surface area contributed by atoms with Crippen molar-refractivity contribution in [1.82, 2.24) is 20.2 Å². The van der Waals surface area contributed by atoms with E-state index in [9.17, 15) is 0 Å². The first-order chi connectivity index (χ1) is 4.52. The minimum Gasteiger partial charge on any atom is -0.367 e. The SMILES string of the molecule is [CH2-]n1nnnc1C(C)(C)C.[Y]. The fourth-order valence-electron chi connectivity index (χ4n) is 0.742. The molecule has 11 heavy (non-hydrogen) atoms. The molecule has 1 rings (SSSR count). The molecule has 59 valence electrons. The van der Waals surface area contributed by atoms with Crippen LogP contribution in [0, 0.1) is 7.05 Å². The van der Waals surface area contributed by atoms with E-state index >= 15 is 0 Å². The van der Waals surface area contributed by atoms with Crippen molar-refractivity contribution in [2.75, 3.05) is 0 Å². The summed E-state index contributed by atoms with van der Waals surface area (Å²) in [5, 5.41) is 10.9. The van der Waals surface area contributed by atoms with E-state index in [1.54, 1.807) is 0 Å². The van der Waals surface area contributed by atoms with Crippen LogP contribution in [0.4, 0.5) is 0 Å². The second-order valence-electron chi connectivity index (χ2n) is 3.25. The van der Waals surface area contributed by atoms with Gasteiger partial charge in [-0.3, -0.25) is 0 Å². The molecule has 0 spiro atoms. The number of hydrogen-bond acceptors (Lipinski definition) is 3. The summed E-state index contributed by atoms with van der Waals surface area (Å²) in [7, 11) is 3.63. The molecule has 1 aromatic heterocycles. The number of nitrogens with zero attached hydrogens (tertiary/aromatic N) is 4. The number of rotatable bonds is 0. The van der Waals surface area contributed by atoms with E-state index in [1.807, 2.05) is 20.8 Å². The molecule has 0 unspecified atom stereocenters. The van der Waals surface area contributed by atoms with Gasteiger partial charge in [0, 0.05) is 38.5 Å². The minimum atomic E-state index is -0.0226. The monoisotopic (exact) mass is 228 g/mol. The zero-order chi connectivity index (χ0) is 7.78. The first kappa shape index (κ1) is 11.0. The topological polar surface area (TPSA) is 43.6 Å². The van der Waals surface area contributed by atoms with Gasteiger partial charge in [0.1, 0.15) is 0 Å². The van der Waals surface area contributed by atoms with Gasteiger partial charge >= 0.3 is 0 Å². The molecule has 0 amide bonds. The third-order valence-electron chi connectivity index (χ3n) is 1.20. The van der Waals surface area contributed by atoms with Crippen molar-refractivity contribution in [3.8, 4) is 0 Å². The van der Waals surface area contributed by atoms with Crippen molar-refractivity contribution in [2.24, 2.45) is 0 Å². The Hall–Kier alpha value is 0.0439. The summed E-state index contributed by atoms with van der Waals surface area (Å²) < 4.78 is 1.44. The van der Waals surface area contributed by atoms with E-state index in [4.69, 9.17) is 0 Å². The van der Waals surface area contributed by atoms with Crippen molar-refractivity contribution < 1.29 is 32.7 Å². The average Bonchev–Trinajstić information content (AvgIpc) is 2.11. The molecular weight excluding hydrogens is 217 g/mol. The summed E-state index contributed by atoms with van der Waals surface area (Å²) in [5.41, 5.74) is -0.0226. The fraction of sp³-hybridized carbons (Fsp3) is 0.667. The number of tetrazole rings is 1. The van der Waals surface area contributed by atoms with Crippen LogP contribution in [0.5, 0.6) is 0 Å². The maximum atomic E-state index is 3.83. The Morgan fingerprint density at radius 3 is 2.09 bits per heavy atom. The molecule has 0 N–H and O–H groups in total. The van der Waals surface area contributed by atoms with Gasteiger partial charge < -0.3 is 4.68 Å². The molecule has 5 heteroatoms. The maximum absolute atomic E-state index is 3.83. The quantitative estimate of drug-likeness (QED) is 0.611. The fourth-order valence-corrected chi connectivity index (χ4v) is 0.742. The predicted octanol–water partition coefficient (Wildman–Crippen LogP) is 0.608. The van der Waals surface area contributed by atoms with E-state index in [0.717, 1.165) is 5.82 Å². The van der Waals surface area contributed by atoms with Crippen molar-refractivity contribution in [3.63, 3.8) is 0 Å². The summed E-state index contributed by atoms with van der Waals surface area (Å²) in [6.45, 7) is 6.13. The second-order valence-corrected chi connectivity index (χ2v) is 3.25. The minimum absolute atomic E-state index is 0. The van der Waals surface area contributed by atoms with E-state index in [0.29, 0.717) is 0 Å². The second kappa shape index (κ2) is 3.63. The largest absolute Gasteiger partial charge is 0.367 e. The van der Waals surface area contributed by atoms with E-state index < -0.39 is 0 Å². The average molecular weight is 228 g/mol. The Labute approximate surface area is 91.6 Å². The normalized spacial score (nSPS) is 10.8. The van der Waals surface area contributed by atoms with Gasteiger partial charge in [0.25, 0.3) is 0 Å². The van der Waals surface area contributed by atoms with Crippen LogP contribution in [-0.4, -0.2) is 20.2 Å². The summed E-state index contributed by atoms with van der Waals surface area (Å²) in [5.74, 6) is 0.799. The van der Waals surface area contributed by atoms with Crippen LogP contribution in [0.25, 0.3) is 0 Å². The van der Waals surface area contributed by atoms with Crippen molar-refractivity contribution >= 4 is 0 Å². The molecule has 4 nitrogen and oxygen atoms in total. The Morgan fingerprint density at radius 1 is 1.36 bits per heavy atom. The first-order valence-corrected chi connectivity index (χ1v) is 3.11. The smallest absolute Gasteiger partial charge is 0.00906 e. The first-order valence-electron chi connectivity index (χ1n) is 3.11. The Balaban J connectivity index is 0.000001000. The third kappa shape index (κ3) is 2.52. The van der Waals surface area contributed by atoms with Gasteiger partial charge in [-0.05, 0) is 10.6 Å². The van der Waals surface area contributed by atoms with Crippen LogP contribution < -0.4 is 0 Å². The van der Waals surface area contributed by atoms with Crippen LogP contribution >= 0.6 is 0 Å². The Kier molecular flexibility index (Phi) is 3.64. The van der Waals surface area contributed by atoms with E-state index in [2.05, 4.69) is 22.6 Å². The van der Waals surface area contributed by atoms with Gasteiger partial charge in [0.2, 0.25) is 0 Å². The maximum Gasteiger partial charge on any atom is 0.00906 e. The van der Waals surface area contributed by atoms with Crippen LogP contribution in [0.2, 0.25) is 0 Å². The zero-order valence-corrected chi connectivity index (χ0v) is 9.91. The van der Waals surface area contributed by atoms with Crippen LogP contribution in [-0.2, 0) is 38.1 Å². The molecule has 0 fully saturated rings. The molecule has 0 aliphatic rings. The molecule has 0 atom stereocenters. The molecular formula is C6H11N4Y-. The number of aromatic nitrogens is 4. The molecule has 1 aromatic rings. The summed E-state index contributed by atoms with van der Waals surface area (Å²) in [6, 6.07) is 0. The molecule has 0 saturated heterocycles. The van der Waals surface area contributed by atoms with Gasteiger partial charge in [0.15, 0.2) is 0 Å². The van der Waals surface area contributed by atoms with E-state index in [-0.39, 0.29) is 38.1 Å².